The molecule has 2 amide bonds. The molecule has 0 radical (unpaired) electrons. The van der Waals surface area contributed by atoms with Gasteiger partial charge in [0, 0.05) is 0 Å². The van der Waals surface area contributed by atoms with Gasteiger partial charge in [-0.05, 0) is 112 Å². The normalized spacial score (nSPS) is 12.0. The number of carbonyl (C=O) groups is 2. The molecule has 256 valence electrons. The van der Waals surface area contributed by atoms with Crippen molar-refractivity contribution in [3.8, 4) is 11.5 Å². The van der Waals surface area contributed by atoms with Crippen LogP contribution in [0.4, 0.5) is 18.6 Å². The number of para-hydroxylation sites is 1. The van der Waals surface area contributed by atoms with Crippen LogP contribution in [-0.2, 0) is 0 Å². The minimum absolute atomic E-state index is 0. The summed E-state index contributed by atoms with van der Waals surface area (Å²) in [6.45, 7) is 6.36. The molecule has 1 aliphatic rings. The van der Waals surface area contributed by atoms with Crippen LogP contribution in [0.15, 0.2) is 146 Å². The molecule has 0 unspecified atom stereocenters. The summed E-state index contributed by atoms with van der Waals surface area (Å²) < 4.78 is 35.3. The summed E-state index contributed by atoms with van der Waals surface area (Å²) >= 11 is 0. The number of amides is 2. The molecule has 0 aromatic heterocycles. The van der Waals surface area contributed by atoms with Gasteiger partial charge in [-0.3, -0.25) is 22.5 Å². The van der Waals surface area contributed by atoms with Gasteiger partial charge in [0.15, 0.2) is 0 Å². The van der Waals surface area contributed by atoms with Crippen LogP contribution in [-0.4, -0.2) is 19.4 Å². The summed E-state index contributed by atoms with van der Waals surface area (Å²) in [5.41, 5.74) is 4.93. The van der Waals surface area contributed by atoms with Crippen molar-refractivity contribution in [2.24, 2.45) is 0 Å². The summed E-state index contributed by atoms with van der Waals surface area (Å²) in [4.78, 5) is 27.6. The van der Waals surface area contributed by atoms with E-state index in [1.165, 1.54) is 42.8 Å². The number of imide groups is 1. The Kier molecular flexibility index (Phi) is 11.2. The van der Waals surface area contributed by atoms with Crippen molar-refractivity contribution < 1.29 is 32.0 Å². The Balaban J connectivity index is 0.000000959. The first-order valence-electron chi connectivity index (χ1n) is 16.0. The third-order valence-corrected chi connectivity index (χ3v) is 12.9. The van der Waals surface area contributed by atoms with E-state index in [0.717, 1.165) is 0 Å². The lowest BCUT2D eigenvalue weighted by atomic mass is 10.1. The van der Waals surface area contributed by atoms with Crippen LogP contribution >= 0.6 is 7.26 Å². The van der Waals surface area contributed by atoms with Gasteiger partial charge in [0.25, 0.3) is 11.8 Å². The van der Waals surface area contributed by atoms with Gasteiger partial charge < -0.3 is 9.44 Å². The average molecular weight is 705 g/mol. The van der Waals surface area contributed by atoms with E-state index in [-0.39, 0.29) is 16.5 Å². The van der Waals surface area contributed by atoms with Crippen LogP contribution in [0.25, 0.3) is 0 Å². The molecular formula is C41H33BF4NO3P. The minimum Gasteiger partial charge on any atom is -1.00 e. The molecule has 0 N–H and O–H groups in total. The lowest BCUT2D eigenvalue weighted by molar-refractivity contribution is -0.0000294. The molecule has 1 heterocycles. The second-order valence-electron chi connectivity index (χ2n) is 12.0. The lowest BCUT2D eigenvalue weighted by Crippen LogP contribution is -3.00. The Hall–Kier alpha value is -5.53. The summed E-state index contributed by atoms with van der Waals surface area (Å²) in [7, 11) is -5.94. The molecule has 51 heavy (non-hydrogen) atoms. The van der Waals surface area contributed by atoms with E-state index >= 15 is 0 Å². The molecule has 0 saturated heterocycles. The molecule has 7 rings (SSSR count). The van der Waals surface area contributed by atoms with E-state index in [4.69, 9.17) is 4.74 Å². The number of hydrogen-bond acceptors (Lipinski definition) is 3. The zero-order chi connectivity index (χ0) is 35.4. The van der Waals surface area contributed by atoms with Crippen molar-refractivity contribution >= 4 is 53.5 Å². The van der Waals surface area contributed by atoms with Crippen LogP contribution in [0.1, 0.15) is 37.4 Å². The molecule has 0 fully saturated rings. The number of aryl methyl sites for hydroxylation is 3. The predicted octanol–water partition coefficient (Wildman–Crippen LogP) is 5.71. The molecule has 0 spiro atoms. The molecule has 0 aliphatic carbocycles. The van der Waals surface area contributed by atoms with Crippen molar-refractivity contribution in [2.45, 2.75) is 20.8 Å². The number of nitrogens with zero attached hydrogens (tertiary/aromatic N) is 1. The van der Waals surface area contributed by atoms with E-state index in [1.54, 1.807) is 30.3 Å². The maximum absolute atomic E-state index is 13.3. The van der Waals surface area contributed by atoms with Gasteiger partial charge in [-0.2, -0.15) is 0 Å². The van der Waals surface area contributed by atoms with Crippen molar-refractivity contribution in [3.05, 3.63) is 173 Å². The van der Waals surface area contributed by atoms with Crippen molar-refractivity contribution in [2.75, 3.05) is 4.90 Å². The van der Waals surface area contributed by atoms with Crippen molar-refractivity contribution in [1.82, 2.24) is 0 Å². The average Bonchev–Trinajstić information content (AvgIpc) is 3.36. The number of benzene rings is 6. The van der Waals surface area contributed by atoms with E-state index in [9.17, 15) is 22.5 Å². The van der Waals surface area contributed by atoms with Gasteiger partial charge in [0.05, 0.1) is 16.8 Å². The summed E-state index contributed by atoms with van der Waals surface area (Å²) in [5, 5.41) is 5.06. The van der Waals surface area contributed by atoms with Gasteiger partial charge in [-0.15, -0.1) is 0 Å². The SMILES string of the molecule is Cc1ccc([P+](c2ccc(C)cc2)(c2ccc(C)cc2)c2ccc(Oc3ccc4c(c3)C(=O)N(c3ccccc3)C4=O)cc2)cc1.FB(F)F.[F-]. The minimum atomic E-state index is -3.67. The molecule has 10 heteroatoms. The lowest BCUT2D eigenvalue weighted by Gasteiger charge is -2.28. The van der Waals surface area contributed by atoms with Gasteiger partial charge >= 0.3 is 7.54 Å². The fourth-order valence-corrected chi connectivity index (χ4v) is 10.3. The highest BCUT2D eigenvalue weighted by Gasteiger charge is 2.48. The standard InChI is InChI=1S/C41H33NO3P.BF3.FH/c1-28-9-18-34(19-10-28)46(35-20-11-29(2)12-21-35,36-22-13-30(3)14-23-36)37-24-15-32(16-25-37)45-33-17-26-38-39(27-33)41(44)42(40(38)43)31-7-5-4-6-8-31;2-1(3)4;/h4-27H,1-3H3;;1H/q+1;;/p-1. The number of carbonyl (C=O) groups excluding carboxylic acids is 2. The van der Waals surface area contributed by atoms with Gasteiger partial charge in [-0.1, -0.05) is 71.3 Å². The highest BCUT2D eigenvalue weighted by molar-refractivity contribution is 8.01. The first-order valence-corrected chi connectivity index (χ1v) is 17.8. The Bertz CT molecular complexity index is 2020. The monoisotopic (exact) mass is 705 g/mol. The Morgan fingerprint density at radius 2 is 0.882 bits per heavy atom. The maximum Gasteiger partial charge on any atom is 0.762 e. The van der Waals surface area contributed by atoms with Gasteiger partial charge in [0.1, 0.15) is 40.0 Å². The zero-order valence-corrected chi connectivity index (χ0v) is 29.0. The number of halogens is 4. The summed E-state index contributed by atoms with van der Waals surface area (Å²) in [6.07, 6.45) is 0. The van der Waals surface area contributed by atoms with E-state index in [0.29, 0.717) is 28.3 Å². The molecule has 0 bridgehead atoms. The molecule has 6 aromatic carbocycles. The third-order valence-electron chi connectivity index (χ3n) is 8.60. The van der Waals surface area contributed by atoms with Crippen LogP contribution in [0.2, 0.25) is 0 Å². The molecule has 0 atom stereocenters. The topological polar surface area (TPSA) is 46.6 Å². The van der Waals surface area contributed by atoms with Crippen molar-refractivity contribution in [3.63, 3.8) is 0 Å². The Morgan fingerprint density at radius 1 is 0.510 bits per heavy atom. The van der Waals surface area contributed by atoms with Crippen LogP contribution in [0.3, 0.4) is 0 Å². The van der Waals surface area contributed by atoms with E-state index in [2.05, 4.69) is 106 Å². The maximum atomic E-state index is 13.3. The van der Waals surface area contributed by atoms with Gasteiger partial charge in [-0.25, -0.2) is 4.90 Å². The molecule has 6 aromatic rings. The molecule has 0 saturated carbocycles. The molecule has 1 aliphatic heterocycles. The summed E-state index contributed by atoms with van der Waals surface area (Å²) in [6, 6.07) is 49.2. The third kappa shape index (κ3) is 7.49. The Morgan fingerprint density at radius 3 is 1.31 bits per heavy atom. The smallest absolute Gasteiger partial charge is 0.762 e. The van der Waals surface area contributed by atoms with Gasteiger partial charge in [0.2, 0.25) is 0 Å². The molecular weight excluding hydrogens is 672 g/mol. The first kappa shape index (κ1) is 36.7. The summed E-state index contributed by atoms with van der Waals surface area (Å²) in [5.74, 6) is 0.469. The van der Waals surface area contributed by atoms with Crippen LogP contribution in [0.5, 0.6) is 11.5 Å². The fourth-order valence-electron chi connectivity index (χ4n) is 6.17. The van der Waals surface area contributed by atoms with E-state index < -0.39 is 14.8 Å². The number of anilines is 1. The van der Waals surface area contributed by atoms with Crippen LogP contribution in [0, 0.1) is 20.8 Å². The highest BCUT2D eigenvalue weighted by atomic mass is 31.2. The zero-order valence-electron chi connectivity index (χ0n) is 28.1. The predicted molar refractivity (Wildman–Crippen MR) is 199 cm³/mol. The van der Waals surface area contributed by atoms with Crippen molar-refractivity contribution in [1.29, 1.82) is 0 Å². The second-order valence-corrected chi connectivity index (χ2v) is 15.4. The quantitative estimate of drug-likeness (QED) is 0.0927. The second kappa shape index (κ2) is 15.6. The number of rotatable bonds is 7. The number of ether oxygens (including phenoxy) is 1. The number of hydrogen-bond donors (Lipinski definition) is 0. The molecule has 4 nitrogen and oxygen atoms in total. The number of fused-ring (bicyclic) bond motifs is 1. The largest absolute Gasteiger partial charge is 1.00 e. The fraction of sp³-hybridized carbons (Fsp3) is 0.0732. The highest BCUT2D eigenvalue weighted by Crippen LogP contribution is 2.54. The Labute approximate surface area is 295 Å². The first-order chi connectivity index (χ1) is 24.1. The van der Waals surface area contributed by atoms with Crippen LogP contribution < -0.4 is 35.6 Å². The van der Waals surface area contributed by atoms with E-state index in [1.807, 2.05) is 30.3 Å².